The van der Waals surface area contributed by atoms with E-state index in [1.165, 1.54) is 12.1 Å². The van der Waals surface area contributed by atoms with E-state index in [-0.39, 0.29) is 11.5 Å². The van der Waals surface area contributed by atoms with Gasteiger partial charge in [-0.3, -0.25) is 4.79 Å². The Morgan fingerprint density at radius 2 is 1.95 bits per heavy atom. The Balaban J connectivity index is 1.88. The van der Waals surface area contributed by atoms with Crippen molar-refractivity contribution >= 4 is 11.6 Å². The molecule has 0 saturated carbocycles. The maximum atomic E-state index is 13.7. The SMILES string of the molecule is Nc1cccc2c1CCN(C(=O)c1ccccc1F)C2. The van der Waals surface area contributed by atoms with Crippen LogP contribution in [-0.2, 0) is 13.0 Å². The Kier molecular flexibility index (Phi) is 3.14. The number of halogens is 1. The van der Waals surface area contributed by atoms with Gasteiger partial charge in [0.05, 0.1) is 5.56 Å². The van der Waals surface area contributed by atoms with E-state index in [1.54, 1.807) is 17.0 Å². The molecule has 0 saturated heterocycles. The van der Waals surface area contributed by atoms with Crippen LogP contribution in [0.3, 0.4) is 0 Å². The molecule has 0 radical (unpaired) electrons. The first-order valence-electron chi connectivity index (χ1n) is 6.57. The minimum atomic E-state index is -0.476. The van der Waals surface area contributed by atoms with E-state index in [1.807, 2.05) is 18.2 Å². The molecular weight excluding hydrogens is 255 g/mol. The molecule has 2 aromatic carbocycles. The van der Waals surface area contributed by atoms with E-state index >= 15 is 0 Å². The van der Waals surface area contributed by atoms with Crippen LogP contribution in [0.2, 0.25) is 0 Å². The van der Waals surface area contributed by atoms with E-state index in [9.17, 15) is 9.18 Å². The van der Waals surface area contributed by atoms with Crippen molar-refractivity contribution in [1.82, 2.24) is 4.90 Å². The predicted molar refractivity (Wildman–Crippen MR) is 75.7 cm³/mol. The molecule has 0 aliphatic carbocycles. The molecule has 2 N–H and O–H groups in total. The molecule has 0 spiro atoms. The van der Waals surface area contributed by atoms with Crippen molar-refractivity contribution in [1.29, 1.82) is 0 Å². The molecule has 102 valence electrons. The zero-order chi connectivity index (χ0) is 14.1. The number of hydrogen-bond acceptors (Lipinski definition) is 2. The number of carbonyl (C=O) groups excluding carboxylic acids is 1. The Hall–Kier alpha value is -2.36. The molecule has 20 heavy (non-hydrogen) atoms. The number of benzene rings is 2. The molecule has 3 rings (SSSR count). The van der Waals surface area contributed by atoms with Crippen molar-refractivity contribution in [3.05, 3.63) is 65.0 Å². The van der Waals surface area contributed by atoms with Crippen LogP contribution in [0.5, 0.6) is 0 Å². The summed E-state index contributed by atoms with van der Waals surface area (Å²) in [6.45, 7) is 1.04. The normalized spacial score (nSPS) is 13.9. The third-order valence-electron chi connectivity index (χ3n) is 3.69. The molecule has 3 nitrogen and oxygen atoms in total. The van der Waals surface area contributed by atoms with Crippen LogP contribution in [0, 0.1) is 5.82 Å². The van der Waals surface area contributed by atoms with E-state index in [2.05, 4.69) is 0 Å². The second-order valence-corrected chi connectivity index (χ2v) is 4.94. The monoisotopic (exact) mass is 270 g/mol. The summed E-state index contributed by atoms with van der Waals surface area (Å²) in [5, 5.41) is 0. The van der Waals surface area contributed by atoms with Crippen LogP contribution >= 0.6 is 0 Å². The van der Waals surface area contributed by atoms with E-state index < -0.39 is 5.82 Å². The van der Waals surface area contributed by atoms with Crippen molar-refractivity contribution in [2.75, 3.05) is 12.3 Å². The lowest BCUT2D eigenvalue weighted by Crippen LogP contribution is -2.36. The average Bonchev–Trinajstić information content (AvgIpc) is 2.47. The third kappa shape index (κ3) is 2.13. The molecule has 0 aromatic heterocycles. The zero-order valence-electron chi connectivity index (χ0n) is 11.0. The molecule has 1 amide bonds. The lowest BCUT2D eigenvalue weighted by molar-refractivity contribution is 0.0730. The van der Waals surface area contributed by atoms with Crippen LogP contribution in [0.15, 0.2) is 42.5 Å². The van der Waals surface area contributed by atoms with Gasteiger partial charge in [0.15, 0.2) is 0 Å². The highest BCUT2D eigenvalue weighted by molar-refractivity contribution is 5.94. The lowest BCUT2D eigenvalue weighted by atomic mass is 9.97. The smallest absolute Gasteiger partial charge is 0.257 e. The molecule has 0 atom stereocenters. The Bertz CT molecular complexity index is 669. The number of nitrogens with two attached hydrogens (primary N) is 1. The minimum Gasteiger partial charge on any atom is -0.398 e. The predicted octanol–water partition coefficient (Wildman–Crippen LogP) is 2.61. The second-order valence-electron chi connectivity index (χ2n) is 4.94. The summed E-state index contributed by atoms with van der Waals surface area (Å²) in [5.74, 6) is -0.743. The number of rotatable bonds is 1. The largest absolute Gasteiger partial charge is 0.398 e. The highest BCUT2D eigenvalue weighted by Gasteiger charge is 2.24. The van der Waals surface area contributed by atoms with Crippen molar-refractivity contribution < 1.29 is 9.18 Å². The molecule has 0 unspecified atom stereocenters. The summed E-state index contributed by atoms with van der Waals surface area (Å²) in [6, 6.07) is 11.8. The van der Waals surface area contributed by atoms with Crippen molar-refractivity contribution in [3.8, 4) is 0 Å². The van der Waals surface area contributed by atoms with Gasteiger partial charge in [0.2, 0.25) is 0 Å². The van der Waals surface area contributed by atoms with Crippen LogP contribution in [-0.4, -0.2) is 17.4 Å². The highest BCUT2D eigenvalue weighted by Crippen LogP contribution is 2.25. The summed E-state index contributed by atoms with van der Waals surface area (Å²) in [4.78, 5) is 14.0. The first-order chi connectivity index (χ1) is 9.66. The molecule has 1 aliphatic heterocycles. The van der Waals surface area contributed by atoms with Gasteiger partial charge in [-0.15, -0.1) is 0 Å². The van der Waals surface area contributed by atoms with Gasteiger partial charge in [-0.05, 0) is 35.7 Å². The van der Waals surface area contributed by atoms with Gasteiger partial charge in [0.25, 0.3) is 5.91 Å². The molecule has 1 aliphatic rings. The van der Waals surface area contributed by atoms with Gasteiger partial charge in [-0.2, -0.15) is 0 Å². The maximum Gasteiger partial charge on any atom is 0.257 e. The maximum absolute atomic E-state index is 13.7. The number of hydrogen-bond donors (Lipinski definition) is 1. The number of anilines is 1. The number of fused-ring (bicyclic) bond motifs is 1. The molecule has 0 fully saturated rings. The number of amides is 1. The third-order valence-corrected chi connectivity index (χ3v) is 3.69. The van der Waals surface area contributed by atoms with Crippen LogP contribution in [0.4, 0.5) is 10.1 Å². The number of carbonyl (C=O) groups is 1. The van der Waals surface area contributed by atoms with Crippen molar-refractivity contribution in [3.63, 3.8) is 0 Å². The van der Waals surface area contributed by atoms with E-state index in [4.69, 9.17) is 5.73 Å². The minimum absolute atomic E-state index is 0.125. The molecule has 2 aromatic rings. The summed E-state index contributed by atoms with van der Waals surface area (Å²) < 4.78 is 13.7. The number of nitrogen functional groups attached to an aromatic ring is 1. The summed E-state index contributed by atoms with van der Waals surface area (Å²) >= 11 is 0. The van der Waals surface area contributed by atoms with Crippen molar-refractivity contribution in [2.24, 2.45) is 0 Å². The first-order valence-corrected chi connectivity index (χ1v) is 6.57. The van der Waals surface area contributed by atoms with Gasteiger partial charge < -0.3 is 10.6 Å². The van der Waals surface area contributed by atoms with Gasteiger partial charge in [0, 0.05) is 18.8 Å². The summed E-state index contributed by atoms with van der Waals surface area (Å²) in [7, 11) is 0. The first kappa shape index (κ1) is 12.7. The topological polar surface area (TPSA) is 46.3 Å². The molecular formula is C16H15FN2O. The Morgan fingerprint density at radius 1 is 1.15 bits per heavy atom. The zero-order valence-corrected chi connectivity index (χ0v) is 11.0. The fraction of sp³-hybridized carbons (Fsp3) is 0.188. The van der Waals surface area contributed by atoms with Crippen LogP contribution < -0.4 is 5.73 Å². The highest BCUT2D eigenvalue weighted by atomic mass is 19.1. The van der Waals surface area contributed by atoms with Gasteiger partial charge in [0.1, 0.15) is 5.82 Å². The summed E-state index contributed by atoms with van der Waals surface area (Å²) in [6.07, 6.45) is 0.711. The molecule has 1 heterocycles. The van der Waals surface area contributed by atoms with Crippen molar-refractivity contribution in [2.45, 2.75) is 13.0 Å². The van der Waals surface area contributed by atoms with E-state index in [0.717, 1.165) is 16.8 Å². The van der Waals surface area contributed by atoms with Gasteiger partial charge in [-0.25, -0.2) is 4.39 Å². The standard InChI is InChI=1S/C16H15FN2O/c17-14-6-2-1-5-13(14)16(20)19-9-8-12-11(10-19)4-3-7-15(12)18/h1-7H,8-10,18H2. The lowest BCUT2D eigenvalue weighted by Gasteiger charge is -2.29. The quantitative estimate of drug-likeness (QED) is 0.810. The van der Waals surface area contributed by atoms with Crippen LogP contribution in [0.1, 0.15) is 21.5 Å². The fourth-order valence-corrected chi connectivity index (χ4v) is 2.62. The van der Waals surface area contributed by atoms with Crippen LogP contribution in [0.25, 0.3) is 0 Å². The van der Waals surface area contributed by atoms with Gasteiger partial charge >= 0.3 is 0 Å². The Morgan fingerprint density at radius 3 is 2.75 bits per heavy atom. The molecule has 0 bridgehead atoms. The van der Waals surface area contributed by atoms with E-state index in [0.29, 0.717) is 19.5 Å². The number of nitrogens with zero attached hydrogens (tertiary/aromatic N) is 1. The fourth-order valence-electron chi connectivity index (χ4n) is 2.62. The molecule has 4 heteroatoms. The average molecular weight is 270 g/mol. The summed E-state index contributed by atoms with van der Waals surface area (Å²) in [5.41, 5.74) is 8.97. The Labute approximate surface area is 116 Å². The van der Waals surface area contributed by atoms with Gasteiger partial charge in [-0.1, -0.05) is 24.3 Å². The second kappa shape index (κ2) is 4.96.